The Kier molecular flexibility index (Phi) is 6.65. The quantitative estimate of drug-likeness (QED) is 0.786. The minimum Gasteiger partial charge on any atom is -0.493 e. The number of benzene rings is 1. The maximum absolute atomic E-state index is 12.5. The summed E-state index contributed by atoms with van der Waals surface area (Å²) in [6.07, 6.45) is 3.50. The Morgan fingerprint density at radius 1 is 1.43 bits per heavy atom. The van der Waals surface area contributed by atoms with E-state index in [-0.39, 0.29) is 23.4 Å². The molecule has 1 aromatic carbocycles. The molecule has 0 saturated heterocycles. The third-order valence-corrected chi connectivity index (χ3v) is 2.85. The molecule has 0 aliphatic carbocycles. The number of nitrogens with one attached hydrogen (secondary N) is 1. The fraction of sp³-hybridized carbons (Fsp3) is 0.400. The lowest BCUT2D eigenvalue weighted by molar-refractivity contribution is -0.117. The van der Waals surface area contributed by atoms with Gasteiger partial charge < -0.3 is 14.8 Å². The monoisotopic (exact) mass is 299 g/mol. The van der Waals surface area contributed by atoms with Gasteiger partial charge in [0.15, 0.2) is 11.5 Å². The number of hydrogen-bond donors (Lipinski definition) is 1. The first-order valence-electron chi connectivity index (χ1n) is 6.58. The van der Waals surface area contributed by atoms with Crippen LogP contribution in [0.1, 0.15) is 25.8 Å². The number of alkyl halides is 2. The van der Waals surface area contributed by atoms with Crippen LogP contribution in [0.5, 0.6) is 11.5 Å². The molecule has 0 saturated carbocycles. The number of methoxy groups -OCH3 is 1. The third-order valence-electron chi connectivity index (χ3n) is 2.85. The van der Waals surface area contributed by atoms with Gasteiger partial charge in [-0.05, 0) is 25.5 Å². The van der Waals surface area contributed by atoms with Gasteiger partial charge in [0.1, 0.15) is 0 Å². The van der Waals surface area contributed by atoms with Crippen molar-refractivity contribution in [2.24, 2.45) is 0 Å². The van der Waals surface area contributed by atoms with Crippen LogP contribution in [0.25, 0.3) is 6.08 Å². The van der Waals surface area contributed by atoms with Gasteiger partial charge in [-0.25, -0.2) is 0 Å². The highest BCUT2D eigenvalue weighted by atomic mass is 19.3. The first-order chi connectivity index (χ1) is 9.97. The van der Waals surface area contributed by atoms with Crippen LogP contribution >= 0.6 is 0 Å². The van der Waals surface area contributed by atoms with E-state index in [2.05, 4.69) is 10.1 Å². The van der Waals surface area contributed by atoms with Crippen molar-refractivity contribution in [3.63, 3.8) is 0 Å². The van der Waals surface area contributed by atoms with Crippen molar-refractivity contribution in [2.75, 3.05) is 7.11 Å². The molecule has 0 radical (unpaired) electrons. The highest BCUT2D eigenvalue weighted by Crippen LogP contribution is 2.33. The van der Waals surface area contributed by atoms with Crippen molar-refractivity contribution >= 4 is 12.0 Å². The summed E-state index contributed by atoms with van der Waals surface area (Å²) < 4.78 is 34.3. The van der Waals surface area contributed by atoms with Gasteiger partial charge in [0, 0.05) is 17.7 Å². The number of rotatable bonds is 7. The van der Waals surface area contributed by atoms with E-state index in [0.717, 1.165) is 6.42 Å². The number of ether oxygens (including phenoxy) is 2. The number of hydrogen-bond acceptors (Lipinski definition) is 3. The first-order valence-corrected chi connectivity index (χ1v) is 6.58. The number of carbonyl (C=O) groups excluding carboxylic acids is 1. The Balaban J connectivity index is 2.94. The SMILES string of the molecule is CCC(C)NC(=O)/C=C/c1cccc(OC)c1OC(F)F. The Morgan fingerprint density at radius 3 is 2.71 bits per heavy atom. The molecule has 0 bridgehead atoms. The molecule has 0 aromatic heterocycles. The predicted octanol–water partition coefficient (Wildman–Crippen LogP) is 3.22. The fourth-order valence-electron chi connectivity index (χ4n) is 1.60. The number of halogens is 2. The molecule has 1 atom stereocenters. The minimum atomic E-state index is -2.97. The normalized spacial score (nSPS) is 12.5. The van der Waals surface area contributed by atoms with Gasteiger partial charge in [0.2, 0.25) is 5.91 Å². The van der Waals surface area contributed by atoms with Gasteiger partial charge in [-0.2, -0.15) is 8.78 Å². The van der Waals surface area contributed by atoms with E-state index < -0.39 is 6.61 Å². The van der Waals surface area contributed by atoms with Crippen LogP contribution in [0.3, 0.4) is 0 Å². The van der Waals surface area contributed by atoms with E-state index in [1.165, 1.54) is 25.3 Å². The summed E-state index contributed by atoms with van der Waals surface area (Å²) >= 11 is 0. The van der Waals surface area contributed by atoms with Crippen LogP contribution in [0.15, 0.2) is 24.3 Å². The van der Waals surface area contributed by atoms with E-state index in [1.807, 2.05) is 13.8 Å². The van der Waals surface area contributed by atoms with Gasteiger partial charge >= 0.3 is 6.61 Å². The summed E-state index contributed by atoms with van der Waals surface area (Å²) in [5, 5.41) is 2.74. The fourth-order valence-corrected chi connectivity index (χ4v) is 1.60. The Hall–Kier alpha value is -2.11. The molecular weight excluding hydrogens is 280 g/mol. The second-order valence-corrected chi connectivity index (χ2v) is 4.41. The molecule has 0 aliphatic rings. The molecular formula is C15H19F2NO3. The molecule has 0 heterocycles. The van der Waals surface area contributed by atoms with E-state index >= 15 is 0 Å². The Bertz CT molecular complexity index is 504. The first kappa shape index (κ1) is 16.9. The van der Waals surface area contributed by atoms with Crippen LogP contribution in [0.2, 0.25) is 0 Å². The molecule has 1 unspecified atom stereocenters. The topological polar surface area (TPSA) is 47.6 Å². The molecule has 4 nitrogen and oxygen atoms in total. The van der Waals surface area contributed by atoms with Crippen LogP contribution in [0, 0.1) is 0 Å². The summed E-state index contributed by atoms with van der Waals surface area (Å²) in [5.74, 6) is -0.211. The largest absolute Gasteiger partial charge is 0.493 e. The van der Waals surface area contributed by atoms with Crippen LogP contribution in [-0.4, -0.2) is 25.7 Å². The standard InChI is InChI=1S/C15H19F2NO3/c1-4-10(2)18-13(19)9-8-11-6-5-7-12(20-3)14(11)21-15(16)17/h5-10,15H,4H2,1-3H3,(H,18,19)/b9-8+. The summed E-state index contributed by atoms with van der Waals surface area (Å²) in [7, 11) is 1.36. The Labute approximate surface area is 122 Å². The lowest BCUT2D eigenvalue weighted by Gasteiger charge is -2.12. The molecule has 1 rings (SSSR count). The van der Waals surface area contributed by atoms with Gasteiger partial charge in [-0.15, -0.1) is 0 Å². The molecule has 0 fully saturated rings. The minimum absolute atomic E-state index is 0.0456. The molecule has 1 N–H and O–H groups in total. The van der Waals surface area contributed by atoms with Crippen LogP contribution in [-0.2, 0) is 4.79 Å². The second kappa shape index (κ2) is 8.24. The highest BCUT2D eigenvalue weighted by molar-refractivity contribution is 5.92. The van der Waals surface area contributed by atoms with Crippen molar-refractivity contribution in [3.05, 3.63) is 29.8 Å². The highest BCUT2D eigenvalue weighted by Gasteiger charge is 2.14. The van der Waals surface area contributed by atoms with Gasteiger partial charge in [-0.1, -0.05) is 19.1 Å². The lowest BCUT2D eigenvalue weighted by Crippen LogP contribution is -2.30. The zero-order valence-corrected chi connectivity index (χ0v) is 12.2. The molecule has 1 aromatic rings. The van der Waals surface area contributed by atoms with Crippen molar-refractivity contribution < 1.29 is 23.0 Å². The maximum Gasteiger partial charge on any atom is 0.387 e. The molecule has 1 amide bonds. The van der Waals surface area contributed by atoms with E-state index in [1.54, 1.807) is 12.1 Å². The van der Waals surface area contributed by atoms with Gasteiger partial charge in [0.25, 0.3) is 0 Å². The van der Waals surface area contributed by atoms with Crippen molar-refractivity contribution in [3.8, 4) is 11.5 Å². The van der Waals surface area contributed by atoms with Crippen molar-refractivity contribution in [1.82, 2.24) is 5.32 Å². The third kappa shape index (κ3) is 5.41. The summed E-state index contributed by atoms with van der Waals surface area (Å²) in [6, 6.07) is 4.74. The van der Waals surface area contributed by atoms with E-state index in [4.69, 9.17) is 4.74 Å². The molecule has 6 heteroatoms. The number of carbonyl (C=O) groups is 1. The predicted molar refractivity (Wildman–Crippen MR) is 76.6 cm³/mol. The molecule has 0 spiro atoms. The summed E-state index contributed by atoms with van der Waals surface area (Å²) in [4.78, 5) is 11.7. The van der Waals surface area contributed by atoms with E-state index in [9.17, 15) is 13.6 Å². The maximum atomic E-state index is 12.5. The number of amides is 1. The lowest BCUT2D eigenvalue weighted by atomic mass is 10.1. The van der Waals surface area contributed by atoms with Gasteiger partial charge in [0.05, 0.1) is 7.11 Å². The van der Waals surface area contributed by atoms with Crippen molar-refractivity contribution in [2.45, 2.75) is 32.9 Å². The molecule has 21 heavy (non-hydrogen) atoms. The zero-order valence-electron chi connectivity index (χ0n) is 12.2. The van der Waals surface area contributed by atoms with Crippen molar-refractivity contribution in [1.29, 1.82) is 0 Å². The average molecular weight is 299 g/mol. The van der Waals surface area contributed by atoms with E-state index in [0.29, 0.717) is 5.56 Å². The number of para-hydroxylation sites is 1. The zero-order chi connectivity index (χ0) is 15.8. The summed E-state index contributed by atoms with van der Waals surface area (Å²) in [5.41, 5.74) is 0.342. The molecule has 0 aliphatic heterocycles. The smallest absolute Gasteiger partial charge is 0.387 e. The Morgan fingerprint density at radius 2 is 2.14 bits per heavy atom. The summed E-state index contributed by atoms with van der Waals surface area (Å²) in [6.45, 7) is 0.857. The molecule has 116 valence electrons. The van der Waals surface area contributed by atoms with Crippen LogP contribution < -0.4 is 14.8 Å². The van der Waals surface area contributed by atoms with Crippen LogP contribution in [0.4, 0.5) is 8.78 Å². The average Bonchev–Trinajstić information content (AvgIpc) is 2.45. The van der Waals surface area contributed by atoms with Gasteiger partial charge in [-0.3, -0.25) is 4.79 Å². The second-order valence-electron chi connectivity index (χ2n) is 4.41.